The molecule has 0 amide bonds. The highest BCUT2D eigenvalue weighted by Gasteiger charge is 2.17. The molecule has 0 aromatic carbocycles. The van der Waals surface area contributed by atoms with Crippen molar-refractivity contribution in [3.8, 4) is 0 Å². The first-order valence-corrected chi connectivity index (χ1v) is 7.68. The summed E-state index contributed by atoms with van der Waals surface area (Å²) < 4.78 is 10.1. The average Bonchev–Trinajstić information content (AvgIpc) is 2.97. The van der Waals surface area contributed by atoms with Gasteiger partial charge in [0.05, 0.1) is 30.5 Å². The summed E-state index contributed by atoms with van der Waals surface area (Å²) >= 11 is 1.47. The maximum atomic E-state index is 11.4. The van der Waals surface area contributed by atoms with Crippen LogP contribution in [0.1, 0.15) is 42.6 Å². The molecule has 0 fully saturated rings. The maximum Gasteiger partial charge on any atom is 0.311 e. The van der Waals surface area contributed by atoms with Crippen LogP contribution in [0.2, 0.25) is 0 Å². The summed E-state index contributed by atoms with van der Waals surface area (Å²) in [6, 6.07) is 0.0397. The number of hydrogen-bond donors (Lipinski definition) is 1. The molecule has 1 atom stereocenters. The SMILES string of the molecule is CCOC(=O)Cc1csc(NC(C)c2c(C)noc2C)n1. The largest absolute Gasteiger partial charge is 0.466 e. The zero-order chi connectivity index (χ0) is 15.4. The Kier molecular flexibility index (Phi) is 4.95. The van der Waals surface area contributed by atoms with E-state index < -0.39 is 0 Å². The number of carbonyl (C=O) groups excluding carboxylic acids is 1. The molecule has 0 saturated carbocycles. The van der Waals surface area contributed by atoms with Crippen LogP contribution in [-0.4, -0.2) is 22.7 Å². The maximum absolute atomic E-state index is 11.4. The van der Waals surface area contributed by atoms with E-state index in [0.717, 1.165) is 22.1 Å². The average molecular weight is 309 g/mol. The number of anilines is 1. The molecule has 7 heteroatoms. The third kappa shape index (κ3) is 3.81. The third-order valence-corrected chi connectivity index (χ3v) is 3.87. The van der Waals surface area contributed by atoms with Crippen molar-refractivity contribution in [2.75, 3.05) is 11.9 Å². The van der Waals surface area contributed by atoms with Crippen molar-refractivity contribution in [2.45, 2.75) is 40.2 Å². The predicted octanol–water partition coefficient (Wildman–Crippen LogP) is 3.03. The van der Waals surface area contributed by atoms with Crippen LogP contribution in [0.3, 0.4) is 0 Å². The van der Waals surface area contributed by atoms with Crippen molar-refractivity contribution < 1.29 is 14.1 Å². The van der Waals surface area contributed by atoms with Crippen LogP contribution < -0.4 is 5.32 Å². The number of esters is 1. The van der Waals surface area contributed by atoms with E-state index in [1.54, 1.807) is 6.92 Å². The number of aryl methyl sites for hydroxylation is 2. The lowest BCUT2D eigenvalue weighted by Crippen LogP contribution is -2.09. The van der Waals surface area contributed by atoms with Crippen molar-refractivity contribution >= 4 is 22.4 Å². The number of nitrogens with zero attached hydrogens (tertiary/aromatic N) is 2. The second-order valence-corrected chi connectivity index (χ2v) is 5.59. The van der Waals surface area contributed by atoms with Crippen molar-refractivity contribution in [3.63, 3.8) is 0 Å². The fourth-order valence-electron chi connectivity index (χ4n) is 2.18. The van der Waals surface area contributed by atoms with Crippen molar-refractivity contribution in [1.82, 2.24) is 10.1 Å². The van der Waals surface area contributed by atoms with E-state index in [0.29, 0.717) is 12.3 Å². The zero-order valence-electron chi connectivity index (χ0n) is 12.6. The van der Waals surface area contributed by atoms with Crippen molar-refractivity contribution in [2.24, 2.45) is 0 Å². The summed E-state index contributed by atoms with van der Waals surface area (Å²) in [4.78, 5) is 15.8. The zero-order valence-corrected chi connectivity index (χ0v) is 13.4. The molecule has 0 aliphatic heterocycles. The summed E-state index contributed by atoms with van der Waals surface area (Å²) in [7, 11) is 0. The van der Waals surface area contributed by atoms with Gasteiger partial charge in [-0.3, -0.25) is 4.79 Å². The van der Waals surface area contributed by atoms with E-state index in [1.165, 1.54) is 11.3 Å². The molecule has 2 heterocycles. The molecule has 0 spiro atoms. The predicted molar refractivity (Wildman–Crippen MR) is 80.5 cm³/mol. The second-order valence-electron chi connectivity index (χ2n) is 4.73. The summed E-state index contributed by atoms with van der Waals surface area (Å²) in [6.07, 6.45) is 0.200. The van der Waals surface area contributed by atoms with Gasteiger partial charge < -0.3 is 14.6 Å². The van der Waals surface area contributed by atoms with Gasteiger partial charge in [0, 0.05) is 10.9 Å². The van der Waals surface area contributed by atoms with Gasteiger partial charge in [0.25, 0.3) is 0 Å². The van der Waals surface area contributed by atoms with Crippen LogP contribution in [-0.2, 0) is 16.0 Å². The molecule has 2 aromatic rings. The summed E-state index contributed by atoms with van der Waals surface area (Å²) in [5.41, 5.74) is 2.62. The summed E-state index contributed by atoms with van der Waals surface area (Å²) in [5, 5.41) is 9.88. The number of thiazole rings is 1. The first-order chi connectivity index (χ1) is 10.0. The highest BCUT2D eigenvalue weighted by molar-refractivity contribution is 7.13. The Balaban J connectivity index is 2.01. The minimum atomic E-state index is -0.256. The lowest BCUT2D eigenvalue weighted by Gasteiger charge is -2.12. The van der Waals surface area contributed by atoms with E-state index in [-0.39, 0.29) is 18.4 Å². The molecule has 0 aliphatic carbocycles. The van der Waals surface area contributed by atoms with Crippen LogP contribution in [0.25, 0.3) is 0 Å². The van der Waals surface area contributed by atoms with Gasteiger partial charge in [-0.2, -0.15) is 0 Å². The standard InChI is InChI=1S/C14H19N3O3S/c1-5-19-12(18)6-11-7-21-14(16-11)15-8(2)13-9(3)17-20-10(13)4/h7-8H,5-6H2,1-4H3,(H,15,16). The molecular formula is C14H19N3O3S. The first-order valence-electron chi connectivity index (χ1n) is 6.80. The Morgan fingerprint density at radius 1 is 1.52 bits per heavy atom. The normalized spacial score (nSPS) is 12.2. The Morgan fingerprint density at radius 2 is 2.29 bits per heavy atom. The van der Waals surface area contributed by atoms with Gasteiger partial charge in [-0.15, -0.1) is 11.3 Å². The van der Waals surface area contributed by atoms with Crippen molar-refractivity contribution in [3.05, 3.63) is 28.1 Å². The monoisotopic (exact) mass is 309 g/mol. The number of hydrogen-bond acceptors (Lipinski definition) is 7. The summed E-state index contributed by atoms with van der Waals surface area (Å²) in [5.74, 6) is 0.545. The van der Waals surface area contributed by atoms with Gasteiger partial charge in [-0.1, -0.05) is 5.16 Å². The van der Waals surface area contributed by atoms with Crippen molar-refractivity contribution in [1.29, 1.82) is 0 Å². The highest BCUT2D eigenvalue weighted by Crippen LogP contribution is 2.26. The van der Waals surface area contributed by atoms with Gasteiger partial charge in [0.15, 0.2) is 5.13 Å². The van der Waals surface area contributed by atoms with Crippen LogP contribution >= 0.6 is 11.3 Å². The van der Waals surface area contributed by atoms with E-state index in [9.17, 15) is 4.79 Å². The Hall–Kier alpha value is -1.89. The highest BCUT2D eigenvalue weighted by atomic mass is 32.1. The first kappa shape index (κ1) is 15.5. The molecule has 114 valence electrons. The number of aromatic nitrogens is 2. The molecule has 21 heavy (non-hydrogen) atoms. The molecule has 0 radical (unpaired) electrons. The van der Waals surface area contributed by atoms with Crippen LogP contribution in [0, 0.1) is 13.8 Å². The Morgan fingerprint density at radius 3 is 2.90 bits per heavy atom. The molecule has 0 aliphatic rings. The second kappa shape index (κ2) is 6.71. The smallest absolute Gasteiger partial charge is 0.311 e. The lowest BCUT2D eigenvalue weighted by atomic mass is 10.1. The van der Waals surface area contributed by atoms with Gasteiger partial charge >= 0.3 is 5.97 Å². The molecule has 1 unspecified atom stereocenters. The van der Waals surface area contributed by atoms with E-state index in [1.807, 2.05) is 26.2 Å². The molecule has 0 saturated heterocycles. The minimum absolute atomic E-state index is 0.0397. The third-order valence-electron chi connectivity index (χ3n) is 3.04. The molecule has 1 N–H and O–H groups in total. The van der Waals surface area contributed by atoms with Gasteiger partial charge in [0.1, 0.15) is 5.76 Å². The fourth-order valence-corrected chi connectivity index (χ4v) is 2.98. The van der Waals surface area contributed by atoms with Crippen LogP contribution in [0.5, 0.6) is 0 Å². The van der Waals surface area contributed by atoms with Crippen LogP contribution in [0.4, 0.5) is 5.13 Å². The number of ether oxygens (including phenoxy) is 1. The minimum Gasteiger partial charge on any atom is -0.466 e. The quantitative estimate of drug-likeness (QED) is 0.826. The molecule has 2 aromatic heterocycles. The number of nitrogens with one attached hydrogen (secondary N) is 1. The van der Waals surface area contributed by atoms with Crippen LogP contribution in [0.15, 0.2) is 9.90 Å². The van der Waals surface area contributed by atoms with E-state index >= 15 is 0 Å². The van der Waals surface area contributed by atoms with Gasteiger partial charge in [-0.05, 0) is 27.7 Å². The van der Waals surface area contributed by atoms with Gasteiger partial charge in [0.2, 0.25) is 0 Å². The van der Waals surface area contributed by atoms with E-state index in [4.69, 9.17) is 9.26 Å². The lowest BCUT2D eigenvalue weighted by molar-refractivity contribution is -0.142. The fraction of sp³-hybridized carbons (Fsp3) is 0.500. The Bertz CT molecular complexity index is 601. The molecule has 6 nitrogen and oxygen atoms in total. The number of rotatable bonds is 6. The topological polar surface area (TPSA) is 77.2 Å². The molecule has 0 bridgehead atoms. The van der Waals surface area contributed by atoms with E-state index in [2.05, 4.69) is 15.5 Å². The summed E-state index contributed by atoms with van der Waals surface area (Å²) in [6.45, 7) is 8.01. The molecule has 2 rings (SSSR count). The molecular weight excluding hydrogens is 290 g/mol. The number of carbonyl (C=O) groups is 1. The Labute approximate surface area is 127 Å². The van der Waals surface area contributed by atoms with Gasteiger partial charge in [-0.25, -0.2) is 4.98 Å².